The highest BCUT2D eigenvalue weighted by atomic mass is 32.2. The number of benzene rings is 1. The third-order valence-electron chi connectivity index (χ3n) is 3.16. The molecule has 1 aromatic carbocycles. The lowest BCUT2D eigenvalue weighted by atomic mass is 10.1. The van der Waals surface area contributed by atoms with Gasteiger partial charge in [0.15, 0.2) is 5.76 Å². The SMILES string of the molecule is CCOC(=O)[C@H](NS(=O)(=O)c1c(C)noc1C)c1ccccc1. The van der Waals surface area contributed by atoms with E-state index in [9.17, 15) is 13.2 Å². The molecule has 124 valence electrons. The Morgan fingerprint density at radius 1 is 1.30 bits per heavy atom. The van der Waals surface area contributed by atoms with E-state index in [2.05, 4.69) is 9.88 Å². The van der Waals surface area contributed by atoms with Gasteiger partial charge in [-0.05, 0) is 26.3 Å². The van der Waals surface area contributed by atoms with Gasteiger partial charge in [-0.2, -0.15) is 4.72 Å². The fourth-order valence-corrected chi connectivity index (χ4v) is 3.70. The first kappa shape index (κ1) is 17.2. The van der Waals surface area contributed by atoms with E-state index < -0.39 is 22.0 Å². The molecule has 0 spiro atoms. The summed E-state index contributed by atoms with van der Waals surface area (Å²) in [7, 11) is -4.00. The average Bonchev–Trinajstić information content (AvgIpc) is 2.85. The number of carbonyl (C=O) groups excluding carboxylic acids is 1. The fraction of sp³-hybridized carbons (Fsp3) is 0.333. The Hall–Kier alpha value is -2.19. The summed E-state index contributed by atoms with van der Waals surface area (Å²) in [5, 5.41) is 3.63. The van der Waals surface area contributed by atoms with Crippen LogP contribution in [0.15, 0.2) is 39.8 Å². The van der Waals surface area contributed by atoms with Gasteiger partial charge in [-0.25, -0.2) is 13.2 Å². The summed E-state index contributed by atoms with van der Waals surface area (Å²) in [6.45, 7) is 4.82. The Bertz CT molecular complexity index is 764. The number of carbonyl (C=O) groups is 1. The van der Waals surface area contributed by atoms with E-state index in [1.165, 1.54) is 13.8 Å². The van der Waals surface area contributed by atoms with E-state index in [0.717, 1.165) is 0 Å². The van der Waals surface area contributed by atoms with Crippen molar-refractivity contribution in [3.05, 3.63) is 47.3 Å². The van der Waals surface area contributed by atoms with E-state index in [1.807, 2.05) is 0 Å². The van der Waals surface area contributed by atoms with E-state index in [0.29, 0.717) is 5.56 Å². The number of rotatable bonds is 6. The summed E-state index contributed by atoms with van der Waals surface area (Å²) in [4.78, 5) is 12.1. The topological polar surface area (TPSA) is 98.5 Å². The predicted molar refractivity (Wildman–Crippen MR) is 82.1 cm³/mol. The van der Waals surface area contributed by atoms with Gasteiger partial charge in [-0.1, -0.05) is 35.5 Å². The van der Waals surface area contributed by atoms with Gasteiger partial charge in [0.25, 0.3) is 0 Å². The molecule has 0 unspecified atom stereocenters. The average molecular weight is 338 g/mol. The van der Waals surface area contributed by atoms with Gasteiger partial charge in [0.2, 0.25) is 10.0 Å². The lowest BCUT2D eigenvalue weighted by Crippen LogP contribution is -2.35. The zero-order valence-corrected chi connectivity index (χ0v) is 13.9. The van der Waals surface area contributed by atoms with Crippen molar-refractivity contribution in [3.63, 3.8) is 0 Å². The molecule has 0 bridgehead atoms. The molecule has 0 saturated carbocycles. The molecule has 1 atom stereocenters. The minimum absolute atomic E-state index is 0.0669. The van der Waals surface area contributed by atoms with Crippen molar-refractivity contribution in [3.8, 4) is 0 Å². The van der Waals surface area contributed by atoms with Crippen LogP contribution in [0.3, 0.4) is 0 Å². The molecule has 0 saturated heterocycles. The second kappa shape index (κ2) is 6.93. The van der Waals surface area contributed by atoms with Gasteiger partial charge >= 0.3 is 5.97 Å². The summed E-state index contributed by atoms with van der Waals surface area (Å²) >= 11 is 0. The van der Waals surface area contributed by atoms with Crippen LogP contribution in [0.2, 0.25) is 0 Å². The van der Waals surface area contributed by atoms with Crippen molar-refractivity contribution in [2.45, 2.75) is 31.7 Å². The van der Waals surface area contributed by atoms with Crippen LogP contribution in [0.1, 0.15) is 30.0 Å². The summed E-state index contributed by atoms with van der Waals surface area (Å²) in [6, 6.07) is 7.36. The van der Waals surface area contributed by atoms with Crippen LogP contribution in [0, 0.1) is 13.8 Å². The van der Waals surface area contributed by atoms with Crippen molar-refractivity contribution in [2.24, 2.45) is 0 Å². The van der Waals surface area contributed by atoms with E-state index >= 15 is 0 Å². The lowest BCUT2D eigenvalue weighted by Gasteiger charge is -2.17. The maximum absolute atomic E-state index is 12.6. The molecule has 0 fully saturated rings. The Balaban J connectivity index is 2.40. The molecule has 23 heavy (non-hydrogen) atoms. The van der Waals surface area contributed by atoms with E-state index in [4.69, 9.17) is 9.26 Å². The highest BCUT2D eigenvalue weighted by Gasteiger charge is 2.32. The minimum Gasteiger partial charge on any atom is -0.465 e. The molecule has 8 heteroatoms. The summed E-state index contributed by atoms with van der Waals surface area (Å²) < 4.78 is 37.5. The third-order valence-corrected chi connectivity index (χ3v) is 4.83. The van der Waals surface area contributed by atoms with E-state index in [1.54, 1.807) is 37.3 Å². The van der Waals surface area contributed by atoms with Gasteiger partial charge in [0.1, 0.15) is 16.6 Å². The highest BCUT2D eigenvalue weighted by molar-refractivity contribution is 7.89. The van der Waals surface area contributed by atoms with Gasteiger partial charge in [-0.3, -0.25) is 0 Å². The number of hydrogen-bond acceptors (Lipinski definition) is 6. The second-order valence-corrected chi connectivity index (χ2v) is 6.52. The summed E-state index contributed by atoms with van der Waals surface area (Å²) in [5.41, 5.74) is 0.715. The number of aryl methyl sites for hydroxylation is 2. The normalized spacial score (nSPS) is 12.8. The van der Waals surface area contributed by atoms with Gasteiger partial charge in [0, 0.05) is 0 Å². The van der Waals surface area contributed by atoms with Gasteiger partial charge in [-0.15, -0.1) is 0 Å². The number of hydrogen-bond donors (Lipinski definition) is 1. The predicted octanol–water partition coefficient (Wildman–Crippen LogP) is 1.87. The molecule has 1 N–H and O–H groups in total. The minimum atomic E-state index is -4.00. The molecule has 1 heterocycles. The van der Waals surface area contributed by atoms with Crippen LogP contribution in [0.25, 0.3) is 0 Å². The number of aromatic nitrogens is 1. The Morgan fingerprint density at radius 3 is 2.48 bits per heavy atom. The van der Waals surface area contributed by atoms with Crippen LogP contribution < -0.4 is 4.72 Å². The largest absolute Gasteiger partial charge is 0.465 e. The Labute approximate surface area is 134 Å². The van der Waals surface area contributed by atoms with Crippen LogP contribution in [0.4, 0.5) is 0 Å². The van der Waals surface area contributed by atoms with Crippen LogP contribution in [-0.2, 0) is 19.6 Å². The molecule has 0 amide bonds. The molecule has 0 aliphatic heterocycles. The molecule has 2 aromatic rings. The number of sulfonamides is 1. The van der Waals surface area contributed by atoms with Gasteiger partial charge in [0.05, 0.1) is 6.61 Å². The molecule has 0 aliphatic carbocycles. The molecule has 0 aliphatic rings. The van der Waals surface area contributed by atoms with Crippen molar-refractivity contribution < 1.29 is 22.5 Å². The first-order valence-electron chi connectivity index (χ1n) is 7.03. The van der Waals surface area contributed by atoms with Crippen LogP contribution in [-0.4, -0.2) is 26.2 Å². The number of nitrogens with one attached hydrogen (secondary N) is 1. The smallest absolute Gasteiger partial charge is 0.328 e. The van der Waals surface area contributed by atoms with Crippen LogP contribution >= 0.6 is 0 Å². The summed E-state index contributed by atoms with van der Waals surface area (Å²) in [6.07, 6.45) is 0. The number of ether oxygens (including phenoxy) is 1. The van der Waals surface area contributed by atoms with Gasteiger partial charge < -0.3 is 9.26 Å². The zero-order chi connectivity index (χ0) is 17.0. The molecular weight excluding hydrogens is 320 g/mol. The molecular formula is C15H18N2O5S. The quantitative estimate of drug-likeness (QED) is 0.807. The number of esters is 1. The van der Waals surface area contributed by atoms with Crippen LogP contribution in [0.5, 0.6) is 0 Å². The maximum Gasteiger partial charge on any atom is 0.328 e. The fourth-order valence-electron chi connectivity index (χ4n) is 2.20. The maximum atomic E-state index is 12.6. The summed E-state index contributed by atoms with van der Waals surface area (Å²) in [5.74, 6) is -0.514. The van der Waals surface area contributed by atoms with Crippen molar-refractivity contribution in [2.75, 3.05) is 6.61 Å². The number of nitrogens with zero attached hydrogens (tertiary/aromatic N) is 1. The third kappa shape index (κ3) is 3.77. The van der Waals surface area contributed by atoms with E-state index in [-0.39, 0.29) is 23.0 Å². The van der Waals surface area contributed by atoms with Crippen molar-refractivity contribution >= 4 is 16.0 Å². The molecule has 7 nitrogen and oxygen atoms in total. The lowest BCUT2D eigenvalue weighted by molar-refractivity contribution is -0.145. The standard InChI is InChI=1S/C15H18N2O5S/c1-4-21-15(18)13(12-8-6-5-7-9-12)17-23(19,20)14-10(2)16-22-11(14)3/h5-9,13,17H,4H2,1-3H3/t13-/m1/s1. The highest BCUT2D eigenvalue weighted by Crippen LogP contribution is 2.23. The molecule has 1 aromatic heterocycles. The zero-order valence-electron chi connectivity index (χ0n) is 13.1. The second-order valence-electron chi connectivity index (χ2n) is 4.87. The van der Waals surface area contributed by atoms with Crippen molar-refractivity contribution in [1.29, 1.82) is 0 Å². The van der Waals surface area contributed by atoms with Crippen molar-refractivity contribution in [1.82, 2.24) is 9.88 Å². The molecule has 2 rings (SSSR count). The Kier molecular flexibility index (Phi) is 5.17. The first-order chi connectivity index (χ1) is 10.9. The monoisotopic (exact) mass is 338 g/mol. The Morgan fingerprint density at radius 2 is 1.96 bits per heavy atom. The molecule has 0 radical (unpaired) electrons. The first-order valence-corrected chi connectivity index (χ1v) is 8.52.